The monoisotopic (exact) mass is 282 g/mol. The van der Waals surface area contributed by atoms with E-state index in [2.05, 4.69) is 46.6 Å². The molecule has 0 fully saturated rings. The van der Waals surface area contributed by atoms with Crippen molar-refractivity contribution in [3.8, 4) is 0 Å². The quantitative estimate of drug-likeness (QED) is 0.846. The molecule has 0 radical (unpaired) electrons. The Morgan fingerprint density at radius 1 is 1.44 bits per heavy atom. The summed E-state index contributed by atoms with van der Waals surface area (Å²) in [6, 6.07) is 5.86. The van der Waals surface area contributed by atoms with Crippen LogP contribution in [0.4, 0.5) is 11.8 Å². The molecule has 18 heavy (non-hydrogen) atoms. The van der Waals surface area contributed by atoms with Gasteiger partial charge < -0.3 is 11.1 Å². The highest BCUT2D eigenvalue weighted by Gasteiger charge is 2.21. The zero-order valence-electron chi connectivity index (χ0n) is 10.3. The molecule has 0 aliphatic carbocycles. The van der Waals surface area contributed by atoms with Crippen molar-refractivity contribution in [3.63, 3.8) is 0 Å². The van der Waals surface area contributed by atoms with E-state index >= 15 is 0 Å². The van der Waals surface area contributed by atoms with Crippen LogP contribution in [0.1, 0.15) is 18.7 Å². The molecule has 2 rings (SSSR count). The molecule has 3 N–H and O–H groups in total. The minimum atomic E-state index is 0.0281. The van der Waals surface area contributed by atoms with Crippen LogP contribution in [0.5, 0.6) is 0 Å². The van der Waals surface area contributed by atoms with E-state index in [4.69, 9.17) is 17.3 Å². The summed E-state index contributed by atoms with van der Waals surface area (Å²) in [6.07, 6.45) is 0. The van der Waals surface area contributed by atoms with Crippen molar-refractivity contribution >= 4 is 34.7 Å². The molecule has 96 valence electrons. The predicted octanol–water partition coefficient (Wildman–Crippen LogP) is 3.16. The Bertz CT molecular complexity index is 505. The van der Waals surface area contributed by atoms with Gasteiger partial charge in [0.15, 0.2) is 0 Å². The van der Waals surface area contributed by atoms with E-state index in [1.165, 1.54) is 4.88 Å². The summed E-state index contributed by atoms with van der Waals surface area (Å²) < 4.78 is 0. The first-order valence-corrected chi connectivity index (χ1v) is 6.81. The average Bonchev–Trinajstić information content (AvgIpc) is 2.79. The zero-order chi connectivity index (χ0) is 13.2. The van der Waals surface area contributed by atoms with Gasteiger partial charge in [-0.3, -0.25) is 0 Å². The van der Waals surface area contributed by atoms with Crippen molar-refractivity contribution in [2.24, 2.45) is 0 Å². The fourth-order valence-electron chi connectivity index (χ4n) is 1.59. The Kier molecular flexibility index (Phi) is 3.73. The molecule has 0 aliphatic rings. The highest BCUT2D eigenvalue weighted by molar-refractivity contribution is 7.10. The Labute approximate surface area is 115 Å². The van der Waals surface area contributed by atoms with Crippen LogP contribution in [0.15, 0.2) is 23.6 Å². The van der Waals surface area contributed by atoms with Crippen LogP contribution in [-0.4, -0.2) is 16.5 Å². The Hall–Kier alpha value is -1.33. The van der Waals surface area contributed by atoms with E-state index in [1.807, 2.05) is 0 Å². The summed E-state index contributed by atoms with van der Waals surface area (Å²) in [5.74, 6) is 0.830. The van der Waals surface area contributed by atoms with E-state index in [0.717, 1.165) is 6.54 Å². The van der Waals surface area contributed by atoms with Gasteiger partial charge in [0.25, 0.3) is 0 Å². The lowest BCUT2D eigenvalue weighted by Gasteiger charge is -2.24. The molecule has 0 unspecified atom stereocenters. The van der Waals surface area contributed by atoms with Crippen LogP contribution in [0.3, 0.4) is 0 Å². The second-order valence-electron chi connectivity index (χ2n) is 4.65. The third-order valence-corrected chi connectivity index (χ3v) is 4.04. The lowest BCUT2D eigenvalue weighted by Crippen LogP contribution is -2.27. The van der Waals surface area contributed by atoms with Crippen LogP contribution in [-0.2, 0) is 5.41 Å². The van der Waals surface area contributed by atoms with Gasteiger partial charge in [-0.1, -0.05) is 31.5 Å². The van der Waals surface area contributed by atoms with Crippen LogP contribution < -0.4 is 11.1 Å². The van der Waals surface area contributed by atoms with Crippen molar-refractivity contribution in [3.05, 3.63) is 33.6 Å². The van der Waals surface area contributed by atoms with Gasteiger partial charge in [0.05, 0.1) is 0 Å². The molecule has 2 heterocycles. The fraction of sp³-hybridized carbons (Fsp3) is 0.333. The summed E-state index contributed by atoms with van der Waals surface area (Å²) in [5, 5.41) is 5.67. The van der Waals surface area contributed by atoms with Crippen molar-refractivity contribution in [1.82, 2.24) is 9.97 Å². The number of halogens is 1. The van der Waals surface area contributed by atoms with Gasteiger partial charge >= 0.3 is 0 Å². The van der Waals surface area contributed by atoms with E-state index in [0.29, 0.717) is 11.0 Å². The number of nitrogens with one attached hydrogen (secondary N) is 1. The molecule has 0 saturated carbocycles. The highest BCUT2D eigenvalue weighted by atomic mass is 35.5. The summed E-state index contributed by atoms with van der Waals surface area (Å²) in [7, 11) is 0. The van der Waals surface area contributed by atoms with Gasteiger partial charge in [0.2, 0.25) is 5.95 Å². The number of aromatic nitrogens is 2. The molecule has 0 atom stereocenters. The molecule has 2 aromatic heterocycles. The number of thiophene rings is 1. The van der Waals surface area contributed by atoms with Gasteiger partial charge in [-0.2, -0.15) is 4.98 Å². The molecule has 0 saturated heterocycles. The highest BCUT2D eigenvalue weighted by Crippen LogP contribution is 2.27. The number of hydrogen-bond donors (Lipinski definition) is 2. The van der Waals surface area contributed by atoms with E-state index in [9.17, 15) is 0 Å². The van der Waals surface area contributed by atoms with Crippen molar-refractivity contribution in [2.45, 2.75) is 19.3 Å². The van der Waals surface area contributed by atoms with Crippen molar-refractivity contribution < 1.29 is 0 Å². The molecule has 0 bridgehead atoms. The predicted molar refractivity (Wildman–Crippen MR) is 77.3 cm³/mol. The van der Waals surface area contributed by atoms with Gasteiger partial charge in [0.1, 0.15) is 11.0 Å². The SMILES string of the molecule is CC(C)(CNc1cc(Cl)nc(N)n1)c1cccs1. The summed E-state index contributed by atoms with van der Waals surface area (Å²) in [4.78, 5) is 9.24. The van der Waals surface area contributed by atoms with Crippen LogP contribution in [0.2, 0.25) is 5.15 Å². The maximum Gasteiger partial charge on any atom is 0.223 e. The number of nitrogen functional groups attached to an aromatic ring is 1. The van der Waals surface area contributed by atoms with E-state index in [1.54, 1.807) is 17.4 Å². The van der Waals surface area contributed by atoms with Crippen molar-refractivity contribution in [2.75, 3.05) is 17.6 Å². The third-order valence-electron chi connectivity index (χ3n) is 2.61. The Morgan fingerprint density at radius 3 is 2.83 bits per heavy atom. The second-order valence-corrected chi connectivity index (χ2v) is 5.98. The molecular formula is C12H15ClN4S. The molecule has 0 aliphatic heterocycles. The van der Waals surface area contributed by atoms with Crippen molar-refractivity contribution in [1.29, 1.82) is 0 Å². The van der Waals surface area contributed by atoms with E-state index < -0.39 is 0 Å². The molecule has 0 amide bonds. The standard InChI is InChI=1S/C12H15ClN4S/c1-12(2,8-4-3-5-18-8)7-15-10-6-9(13)16-11(14)17-10/h3-6H,7H2,1-2H3,(H3,14,15,16,17). The molecule has 0 aromatic carbocycles. The van der Waals surface area contributed by atoms with Gasteiger partial charge in [0, 0.05) is 22.9 Å². The normalized spacial score (nSPS) is 11.5. The molecule has 4 nitrogen and oxygen atoms in total. The summed E-state index contributed by atoms with van der Waals surface area (Å²) in [5.41, 5.74) is 5.58. The Balaban J connectivity index is 2.07. The minimum absolute atomic E-state index is 0.0281. The molecular weight excluding hydrogens is 268 g/mol. The van der Waals surface area contributed by atoms with Crippen LogP contribution in [0.25, 0.3) is 0 Å². The second kappa shape index (κ2) is 5.12. The van der Waals surface area contributed by atoms with Gasteiger partial charge in [-0.25, -0.2) is 4.98 Å². The van der Waals surface area contributed by atoms with Crippen LogP contribution >= 0.6 is 22.9 Å². The first kappa shape index (κ1) is 13.1. The number of nitrogens with two attached hydrogens (primary N) is 1. The maximum absolute atomic E-state index is 5.83. The first-order chi connectivity index (χ1) is 8.47. The number of rotatable bonds is 4. The van der Waals surface area contributed by atoms with Crippen LogP contribution in [0, 0.1) is 0 Å². The topological polar surface area (TPSA) is 63.8 Å². The average molecular weight is 283 g/mol. The fourth-order valence-corrected chi connectivity index (χ4v) is 2.63. The Morgan fingerprint density at radius 2 is 2.22 bits per heavy atom. The maximum atomic E-state index is 5.83. The lowest BCUT2D eigenvalue weighted by atomic mass is 9.91. The lowest BCUT2D eigenvalue weighted by molar-refractivity contribution is 0.568. The van der Waals surface area contributed by atoms with Gasteiger partial charge in [-0.15, -0.1) is 11.3 Å². The third kappa shape index (κ3) is 3.11. The number of hydrogen-bond acceptors (Lipinski definition) is 5. The largest absolute Gasteiger partial charge is 0.369 e. The van der Waals surface area contributed by atoms with E-state index in [-0.39, 0.29) is 11.4 Å². The molecule has 6 heteroatoms. The summed E-state index contributed by atoms with van der Waals surface area (Å²) >= 11 is 7.58. The first-order valence-electron chi connectivity index (χ1n) is 5.55. The number of anilines is 2. The number of nitrogens with zero attached hydrogens (tertiary/aromatic N) is 2. The molecule has 0 spiro atoms. The molecule has 2 aromatic rings. The van der Waals surface area contributed by atoms with Gasteiger partial charge in [-0.05, 0) is 11.4 Å². The zero-order valence-corrected chi connectivity index (χ0v) is 11.8. The summed E-state index contributed by atoms with van der Waals surface area (Å²) in [6.45, 7) is 5.11. The minimum Gasteiger partial charge on any atom is -0.369 e. The smallest absolute Gasteiger partial charge is 0.223 e.